The fourth-order valence-electron chi connectivity index (χ4n) is 3.42. The van der Waals surface area contributed by atoms with Crippen LogP contribution in [0.4, 0.5) is 5.69 Å². The standard InChI is InChI=1S/C24H25NO5/c1-14(2)20-12-21-18(11-24(28)30-22(21)9-15(20)3)13-29-23(27)10-17-5-7-19(8-6-17)25-16(4)26/h5-9,11-12,14H,10,13H2,1-4H3,(H,25,26). The van der Waals surface area contributed by atoms with Crippen LogP contribution in [0.3, 0.4) is 0 Å². The van der Waals surface area contributed by atoms with Gasteiger partial charge in [-0.05, 0) is 53.8 Å². The maximum Gasteiger partial charge on any atom is 0.336 e. The van der Waals surface area contributed by atoms with E-state index in [0.29, 0.717) is 22.8 Å². The molecule has 0 saturated heterocycles. The second kappa shape index (κ2) is 8.95. The molecule has 2 aromatic carbocycles. The van der Waals surface area contributed by atoms with Crippen molar-refractivity contribution in [2.75, 3.05) is 5.32 Å². The van der Waals surface area contributed by atoms with E-state index in [0.717, 1.165) is 22.1 Å². The Bertz CT molecular complexity index is 1140. The van der Waals surface area contributed by atoms with E-state index in [1.165, 1.54) is 13.0 Å². The minimum atomic E-state index is -0.473. The summed E-state index contributed by atoms with van der Waals surface area (Å²) < 4.78 is 10.8. The molecule has 6 heteroatoms. The Balaban J connectivity index is 1.74. The molecule has 0 fully saturated rings. The van der Waals surface area contributed by atoms with Gasteiger partial charge >= 0.3 is 11.6 Å². The van der Waals surface area contributed by atoms with Gasteiger partial charge < -0.3 is 14.5 Å². The normalized spacial score (nSPS) is 11.0. The van der Waals surface area contributed by atoms with Crippen LogP contribution in [0.5, 0.6) is 0 Å². The number of benzene rings is 2. The number of rotatable bonds is 6. The van der Waals surface area contributed by atoms with Crippen molar-refractivity contribution in [3.63, 3.8) is 0 Å². The molecule has 0 atom stereocenters. The Labute approximate surface area is 174 Å². The maximum absolute atomic E-state index is 12.3. The fraction of sp³-hybridized carbons (Fsp3) is 0.292. The zero-order valence-electron chi connectivity index (χ0n) is 17.6. The van der Waals surface area contributed by atoms with Crippen LogP contribution in [0.1, 0.15) is 48.9 Å². The molecule has 0 saturated carbocycles. The van der Waals surface area contributed by atoms with E-state index < -0.39 is 11.6 Å². The van der Waals surface area contributed by atoms with E-state index in [4.69, 9.17) is 9.15 Å². The SMILES string of the molecule is CC(=O)Nc1ccc(CC(=O)OCc2cc(=O)oc3cc(C)c(C(C)C)cc23)cc1. The number of carbonyl (C=O) groups excluding carboxylic acids is 2. The van der Waals surface area contributed by atoms with Crippen molar-refractivity contribution < 1.29 is 18.7 Å². The van der Waals surface area contributed by atoms with Gasteiger partial charge in [-0.3, -0.25) is 9.59 Å². The third kappa shape index (κ3) is 5.14. The molecular formula is C24H25NO5. The van der Waals surface area contributed by atoms with Crippen LogP contribution in [-0.2, 0) is 27.4 Å². The van der Waals surface area contributed by atoms with E-state index in [9.17, 15) is 14.4 Å². The summed E-state index contributed by atoms with van der Waals surface area (Å²) in [6.45, 7) is 7.61. The van der Waals surface area contributed by atoms with Crippen LogP contribution in [0.15, 0.2) is 51.7 Å². The van der Waals surface area contributed by atoms with Gasteiger partial charge in [0.05, 0.1) is 6.42 Å². The molecule has 0 radical (unpaired) electrons. The van der Waals surface area contributed by atoms with Crippen LogP contribution >= 0.6 is 0 Å². The van der Waals surface area contributed by atoms with Crippen LogP contribution in [0.2, 0.25) is 0 Å². The Morgan fingerprint density at radius 3 is 2.43 bits per heavy atom. The van der Waals surface area contributed by atoms with Gasteiger partial charge in [0, 0.05) is 29.6 Å². The predicted octanol–water partition coefficient (Wildman–Crippen LogP) is 4.47. The van der Waals surface area contributed by atoms with E-state index in [2.05, 4.69) is 19.2 Å². The Kier molecular flexibility index (Phi) is 6.35. The lowest BCUT2D eigenvalue weighted by Gasteiger charge is -2.13. The molecular weight excluding hydrogens is 382 g/mol. The summed E-state index contributed by atoms with van der Waals surface area (Å²) in [5.74, 6) is -0.241. The van der Waals surface area contributed by atoms with Crippen LogP contribution in [0, 0.1) is 6.92 Å². The highest BCUT2D eigenvalue weighted by atomic mass is 16.5. The summed E-state index contributed by atoms with van der Waals surface area (Å²) in [4.78, 5) is 35.3. The minimum Gasteiger partial charge on any atom is -0.461 e. The van der Waals surface area contributed by atoms with E-state index in [1.807, 2.05) is 19.1 Å². The molecule has 0 aliphatic rings. The highest BCUT2D eigenvalue weighted by Gasteiger charge is 2.13. The van der Waals surface area contributed by atoms with Crippen molar-refractivity contribution in [2.45, 2.75) is 46.6 Å². The molecule has 6 nitrogen and oxygen atoms in total. The number of ether oxygens (including phenoxy) is 1. The van der Waals surface area contributed by atoms with E-state index in [-0.39, 0.29) is 18.9 Å². The van der Waals surface area contributed by atoms with Crippen molar-refractivity contribution in [1.29, 1.82) is 0 Å². The third-order valence-corrected chi connectivity index (χ3v) is 4.85. The highest BCUT2D eigenvalue weighted by molar-refractivity contribution is 5.88. The first-order valence-electron chi connectivity index (χ1n) is 9.82. The lowest BCUT2D eigenvalue weighted by molar-refractivity contribution is -0.144. The summed E-state index contributed by atoms with van der Waals surface area (Å²) in [6, 6.07) is 12.2. The lowest BCUT2D eigenvalue weighted by atomic mass is 9.95. The quantitative estimate of drug-likeness (QED) is 0.481. The largest absolute Gasteiger partial charge is 0.461 e. The first-order valence-corrected chi connectivity index (χ1v) is 9.82. The van der Waals surface area contributed by atoms with Gasteiger partial charge in [0.25, 0.3) is 0 Å². The van der Waals surface area contributed by atoms with E-state index in [1.54, 1.807) is 24.3 Å². The Morgan fingerprint density at radius 1 is 1.10 bits per heavy atom. The summed E-state index contributed by atoms with van der Waals surface area (Å²) in [5, 5.41) is 3.45. The number of aryl methyl sites for hydroxylation is 1. The smallest absolute Gasteiger partial charge is 0.336 e. The number of nitrogens with one attached hydrogen (secondary N) is 1. The van der Waals surface area contributed by atoms with Crippen LogP contribution < -0.4 is 10.9 Å². The average molecular weight is 407 g/mol. The molecule has 0 bridgehead atoms. The molecule has 0 aliphatic carbocycles. The molecule has 1 amide bonds. The molecule has 156 valence electrons. The summed E-state index contributed by atoms with van der Waals surface area (Å²) >= 11 is 0. The number of hydrogen-bond donors (Lipinski definition) is 1. The highest BCUT2D eigenvalue weighted by Crippen LogP contribution is 2.27. The van der Waals surface area contributed by atoms with Gasteiger partial charge in [0.2, 0.25) is 5.91 Å². The first kappa shape index (κ1) is 21.3. The van der Waals surface area contributed by atoms with Crippen molar-refractivity contribution in [3.8, 4) is 0 Å². The molecule has 3 aromatic rings. The predicted molar refractivity (Wildman–Crippen MR) is 116 cm³/mol. The lowest BCUT2D eigenvalue weighted by Crippen LogP contribution is -2.10. The number of esters is 1. The first-order chi connectivity index (χ1) is 14.2. The van der Waals surface area contributed by atoms with Crippen molar-refractivity contribution >= 4 is 28.5 Å². The molecule has 1 N–H and O–H groups in total. The molecule has 0 unspecified atom stereocenters. The van der Waals surface area contributed by atoms with Gasteiger partial charge in [0.15, 0.2) is 0 Å². The summed E-state index contributed by atoms with van der Waals surface area (Å²) in [7, 11) is 0. The zero-order valence-corrected chi connectivity index (χ0v) is 17.6. The molecule has 0 spiro atoms. The van der Waals surface area contributed by atoms with Gasteiger partial charge in [-0.25, -0.2) is 4.79 Å². The number of carbonyl (C=O) groups is 2. The second-order valence-electron chi connectivity index (χ2n) is 7.67. The van der Waals surface area contributed by atoms with Crippen molar-refractivity contribution in [3.05, 3.63) is 75.1 Å². The summed E-state index contributed by atoms with van der Waals surface area (Å²) in [6.07, 6.45) is 0.0933. The number of amides is 1. The Morgan fingerprint density at radius 2 is 1.80 bits per heavy atom. The average Bonchev–Trinajstić information content (AvgIpc) is 2.66. The third-order valence-electron chi connectivity index (χ3n) is 4.85. The number of fused-ring (bicyclic) bond motifs is 1. The van der Waals surface area contributed by atoms with Gasteiger partial charge in [-0.15, -0.1) is 0 Å². The van der Waals surface area contributed by atoms with Crippen LogP contribution in [0.25, 0.3) is 11.0 Å². The molecule has 30 heavy (non-hydrogen) atoms. The molecule has 3 rings (SSSR count). The topological polar surface area (TPSA) is 85.6 Å². The number of hydrogen-bond acceptors (Lipinski definition) is 5. The Hall–Kier alpha value is -3.41. The zero-order chi connectivity index (χ0) is 21.8. The second-order valence-corrected chi connectivity index (χ2v) is 7.67. The van der Waals surface area contributed by atoms with Crippen LogP contribution in [-0.4, -0.2) is 11.9 Å². The van der Waals surface area contributed by atoms with Crippen molar-refractivity contribution in [2.24, 2.45) is 0 Å². The molecule has 1 aromatic heterocycles. The van der Waals surface area contributed by atoms with Gasteiger partial charge in [-0.1, -0.05) is 26.0 Å². The van der Waals surface area contributed by atoms with E-state index >= 15 is 0 Å². The monoisotopic (exact) mass is 407 g/mol. The van der Waals surface area contributed by atoms with Gasteiger partial charge in [-0.2, -0.15) is 0 Å². The van der Waals surface area contributed by atoms with Crippen molar-refractivity contribution in [1.82, 2.24) is 0 Å². The molecule has 0 aliphatic heterocycles. The molecule has 1 heterocycles. The minimum absolute atomic E-state index is 0.00843. The summed E-state index contributed by atoms with van der Waals surface area (Å²) in [5.41, 5.74) is 4.28. The number of anilines is 1. The van der Waals surface area contributed by atoms with Gasteiger partial charge in [0.1, 0.15) is 12.2 Å². The maximum atomic E-state index is 12.3. The fourth-order valence-corrected chi connectivity index (χ4v) is 3.42.